The highest BCUT2D eigenvalue weighted by Gasteiger charge is 2.01. The zero-order valence-corrected chi connectivity index (χ0v) is 14.7. The van der Waals surface area contributed by atoms with Gasteiger partial charge in [-0.2, -0.15) is 5.26 Å². The number of thiocarbonyl (C=S) groups is 1. The molecule has 5 heteroatoms. The van der Waals surface area contributed by atoms with Crippen LogP contribution < -0.4 is 15.4 Å². The molecule has 0 spiro atoms. The van der Waals surface area contributed by atoms with Gasteiger partial charge in [0.1, 0.15) is 5.75 Å². The second-order valence-corrected chi connectivity index (χ2v) is 6.06. The van der Waals surface area contributed by atoms with Crippen LogP contribution in [0.25, 0.3) is 0 Å². The Kier molecular flexibility index (Phi) is 6.59. The van der Waals surface area contributed by atoms with Crippen molar-refractivity contribution in [1.82, 2.24) is 5.32 Å². The molecule has 4 nitrogen and oxygen atoms in total. The molecular weight excluding hydrogens is 318 g/mol. The lowest BCUT2D eigenvalue weighted by molar-refractivity contribution is 0.242. The summed E-state index contributed by atoms with van der Waals surface area (Å²) in [5.74, 6) is 0.868. The fourth-order valence-electron chi connectivity index (χ4n) is 2.11. The molecule has 0 fully saturated rings. The Morgan fingerprint density at radius 2 is 1.71 bits per heavy atom. The Hall–Kier alpha value is -2.58. The van der Waals surface area contributed by atoms with Crippen LogP contribution in [0.1, 0.15) is 25.0 Å². The van der Waals surface area contributed by atoms with Gasteiger partial charge < -0.3 is 15.4 Å². The first-order valence-corrected chi connectivity index (χ1v) is 8.24. The van der Waals surface area contributed by atoms with Gasteiger partial charge in [-0.25, -0.2) is 0 Å². The van der Waals surface area contributed by atoms with E-state index in [4.69, 9.17) is 22.2 Å². The summed E-state index contributed by atoms with van der Waals surface area (Å²) in [6.07, 6.45) is 0.588. The van der Waals surface area contributed by atoms with Gasteiger partial charge in [-0.05, 0) is 61.5 Å². The molecule has 124 valence electrons. The van der Waals surface area contributed by atoms with Crippen molar-refractivity contribution in [1.29, 1.82) is 5.26 Å². The molecule has 0 bridgehead atoms. The predicted molar refractivity (Wildman–Crippen MR) is 101 cm³/mol. The molecule has 0 aliphatic rings. The zero-order chi connectivity index (χ0) is 17.4. The summed E-state index contributed by atoms with van der Waals surface area (Å²) in [7, 11) is 0. The van der Waals surface area contributed by atoms with Crippen LogP contribution in [-0.2, 0) is 13.0 Å². The summed E-state index contributed by atoms with van der Waals surface area (Å²) in [4.78, 5) is 0. The monoisotopic (exact) mass is 339 g/mol. The number of rotatable bonds is 6. The first-order chi connectivity index (χ1) is 11.6. The van der Waals surface area contributed by atoms with E-state index < -0.39 is 0 Å². The van der Waals surface area contributed by atoms with E-state index in [1.807, 2.05) is 62.4 Å². The number of benzene rings is 2. The van der Waals surface area contributed by atoms with Crippen molar-refractivity contribution in [3.05, 3.63) is 59.7 Å². The number of ether oxygens (including phenoxy) is 1. The van der Waals surface area contributed by atoms with Crippen molar-refractivity contribution in [2.24, 2.45) is 0 Å². The number of anilines is 1. The Bertz CT molecular complexity index is 703. The third kappa shape index (κ3) is 5.90. The summed E-state index contributed by atoms with van der Waals surface area (Å²) < 4.78 is 5.62. The van der Waals surface area contributed by atoms with Crippen molar-refractivity contribution in [2.45, 2.75) is 32.9 Å². The van der Waals surface area contributed by atoms with Gasteiger partial charge in [0.2, 0.25) is 0 Å². The quantitative estimate of drug-likeness (QED) is 0.778. The minimum absolute atomic E-state index is 0.172. The average molecular weight is 339 g/mol. The van der Waals surface area contributed by atoms with E-state index in [9.17, 15) is 0 Å². The number of hydrogen-bond acceptors (Lipinski definition) is 3. The minimum Gasteiger partial charge on any atom is -0.491 e. The molecule has 0 aromatic heterocycles. The molecule has 24 heavy (non-hydrogen) atoms. The molecule has 2 aromatic rings. The molecule has 0 amide bonds. The van der Waals surface area contributed by atoms with Crippen LogP contribution in [0.4, 0.5) is 5.69 Å². The number of nitrogens with one attached hydrogen (secondary N) is 2. The van der Waals surface area contributed by atoms with Crippen LogP contribution >= 0.6 is 12.2 Å². The van der Waals surface area contributed by atoms with Gasteiger partial charge in [-0.3, -0.25) is 0 Å². The van der Waals surface area contributed by atoms with Crippen LogP contribution in [0.15, 0.2) is 48.5 Å². The van der Waals surface area contributed by atoms with Crippen molar-refractivity contribution in [3.63, 3.8) is 0 Å². The highest BCUT2D eigenvalue weighted by atomic mass is 32.1. The second kappa shape index (κ2) is 8.90. The fraction of sp³-hybridized carbons (Fsp3) is 0.263. The van der Waals surface area contributed by atoms with Crippen LogP contribution in [0.5, 0.6) is 5.75 Å². The van der Waals surface area contributed by atoms with E-state index in [0.29, 0.717) is 18.1 Å². The van der Waals surface area contributed by atoms with Crippen molar-refractivity contribution in [3.8, 4) is 11.8 Å². The SMILES string of the molecule is CC(C)Oc1ccc(CNC(=S)Nc2ccc(CC#N)cc2)cc1. The van der Waals surface area contributed by atoms with Gasteiger partial charge in [0.25, 0.3) is 0 Å². The average Bonchev–Trinajstić information content (AvgIpc) is 2.56. The Labute approximate surface area is 148 Å². The normalized spacial score (nSPS) is 10.1. The van der Waals surface area contributed by atoms with E-state index in [-0.39, 0.29) is 6.10 Å². The molecule has 2 N–H and O–H groups in total. The summed E-state index contributed by atoms with van der Waals surface area (Å²) in [6.45, 7) is 4.65. The van der Waals surface area contributed by atoms with Gasteiger partial charge in [-0.1, -0.05) is 24.3 Å². The maximum atomic E-state index is 8.67. The Morgan fingerprint density at radius 1 is 1.08 bits per heavy atom. The maximum Gasteiger partial charge on any atom is 0.171 e. The Morgan fingerprint density at radius 3 is 2.29 bits per heavy atom. The van der Waals surface area contributed by atoms with Crippen molar-refractivity contribution < 1.29 is 4.74 Å². The summed E-state index contributed by atoms with van der Waals surface area (Å²) >= 11 is 5.30. The molecule has 0 radical (unpaired) electrons. The maximum absolute atomic E-state index is 8.67. The topological polar surface area (TPSA) is 57.1 Å². The minimum atomic E-state index is 0.172. The van der Waals surface area contributed by atoms with Gasteiger partial charge in [0.15, 0.2) is 5.11 Å². The van der Waals surface area contributed by atoms with Gasteiger partial charge in [0.05, 0.1) is 18.6 Å². The molecule has 0 aliphatic carbocycles. The molecule has 0 aliphatic heterocycles. The molecular formula is C19H21N3OS. The Balaban J connectivity index is 1.81. The van der Waals surface area contributed by atoms with Gasteiger partial charge in [0, 0.05) is 12.2 Å². The third-order valence-electron chi connectivity index (χ3n) is 3.24. The van der Waals surface area contributed by atoms with Crippen molar-refractivity contribution in [2.75, 3.05) is 5.32 Å². The van der Waals surface area contributed by atoms with E-state index in [0.717, 1.165) is 22.6 Å². The lowest BCUT2D eigenvalue weighted by Gasteiger charge is -2.12. The highest BCUT2D eigenvalue weighted by Crippen LogP contribution is 2.14. The van der Waals surface area contributed by atoms with Crippen LogP contribution in [0.2, 0.25) is 0 Å². The number of nitrogens with zero attached hydrogens (tertiary/aromatic N) is 1. The van der Waals surface area contributed by atoms with Gasteiger partial charge >= 0.3 is 0 Å². The molecule has 0 heterocycles. The van der Waals surface area contributed by atoms with E-state index in [1.165, 1.54) is 0 Å². The van der Waals surface area contributed by atoms with E-state index in [2.05, 4.69) is 16.7 Å². The highest BCUT2D eigenvalue weighted by molar-refractivity contribution is 7.80. The third-order valence-corrected chi connectivity index (χ3v) is 3.49. The molecule has 2 rings (SSSR count). The summed E-state index contributed by atoms with van der Waals surface area (Å²) in [6, 6.07) is 17.8. The zero-order valence-electron chi connectivity index (χ0n) is 13.9. The molecule has 0 saturated carbocycles. The van der Waals surface area contributed by atoms with E-state index in [1.54, 1.807) is 0 Å². The molecule has 2 aromatic carbocycles. The molecule has 0 saturated heterocycles. The first-order valence-electron chi connectivity index (χ1n) is 7.83. The van der Waals surface area contributed by atoms with E-state index >= 15 is 0 Å². The molecule has 0 unspecified atom stereocenters. The molecule has 0 atom stereocenters. The van der Waals surface area contributed by atoms with Crippen LogP contribution in [0, 0.1) is 11.3 Å². The largest absolute Gasteiger partial charge is 0.491 e. The lowest BCUT2D eigenvalue weighted by Crippen LogP contribution is -2.27. The van der Waals surface area contributed by atoms with Crippen molar-refractivity contribution >= 4 is 23.0 Å². The summed E-state index contributed by atoms with van der Waals surface area (Å²) in [5, 5.41) is 15.5. The number of hydrogen-bond donors (Lipinski definition) is 2. The first kappa shape index (κ1) is 17.8. The predicted octanol–water partition coefficient (Wildman–Crippen LogP) is 4.03. The smallest absolute Gasteiger partial charge is 0.171 e. The van der Waals surface area contributed by atoms with Gasteiger partial charge in [-0.15, -0.1) is 0 Å². The summed E-state index contributed by atoms with van der Waals surface area (Å²) in [5.41, 5.74) is 3.01. The standard InChI is InChI=1S/C19H21N3OS/c1-14(2)23-18-9-5-16(6-10-18)13-21-19(24)22-17-7-3-15(4-8-17)11-12-20/h3-10,14H,11,13H2,1-2H3,(H2,21,22,24). The second-order valence-electron chi connectivity index (χ2n) is 5.65. The number of nitriles is 1. The van der Waals surface area contributed by atoms with Crippen LogP contribution in [0.3, 0.4) is 0 Å². The van der Waals surface area contributed by atoms with Crippen LogP contribution in [-0.4, -0.2) is 11.2 Å². The fourth-order valence-corrected chi connectivity index (χ4v) is 2.30. The lowest BCUT2D eigenvalue weighted by atomic mass is 10.1.